The molecule has 1 saturated heterocycles. The number of fused-ring (bicyclic) bond motifs is 1. The third-order valence-electron chi connectivity index (χ3n) is 4.08. The van der Waals surface area contributed by atoms with Crippen molar-refractivity contribution < 1.29 is 4.79 Å². The highest BCUT2D eigenvalue weighted by molar-refractivity contribution is 5.83. The van der Waals surface area contributed by atoms with E-state index in [0.29, 0.717) is 12.2 Å². The van der Waals surface area contributed by atoms with Crippen molar-refractivity contribution in [2.45, 2.75) is 26.8 Å². The number of rotatable bonds is 2. The van der Waals surface area contributed by atoms with Gasteiger partial charge in [-0.3, -0.25) is 14.7 Å². The smallest absolute Gasteiger partial charge is 0.138 e. The molecule has 0 saturated carbocycles. The Morgan fingerprint density at radius 3 is 2.95 bits per heavy atom. The second kappa shape index (κ2) is 5.33. The lowest BCUT2D eigenvalue weighted by Gasteiger charge is -2.30. The summed E-state index contributed by atoms with van der Waals surface area (Å²) in [5, 5.41) is 1.22. The van der Waals surface area contributed by atoms with Crippen molar-refractivity contribution in [3.8, 4) is 0 Å². The fourth-order valence-corrected chi connectivity index (χ4v) is 3.01. The molecule has 2 heterocycles. The Morgan fingerprint density at radius 2 is 2.15 bits per heavy atom. The Bertz CT molecular complexity index is 650. The predicted octanol–water partition coefficient (Wildman–Crippen LogP) is 2.95. The highest BCUT2D eigenvalue weighted by atomic mass is 16.1. The first-order valence-electron chi connectivity index (χ1n) is 7.24. The first kappa shape index (κ1) is 13.3. The number of likely N-dealkylation sites (tertiary alicyclic amines) is 1. The molecule has 1 aromatic heterocycles. The molecule has 1 atom stereocenters. The number of piperidine rings is 1. The first-order valence-corrected chi connectivity index (χ1v) is 7.24. The topological polar surface area (TPSA) is 33.2 Å². The number of carbonyl (C=O) groups is 1. The van der Waals surface area contributed by atoms with Crippen LogP contribution < -0.4 is 0 Å². The number of para-hydroxylation sites is 1. The van der Waals surface area contributed by atoms with E-state index < -0.39 is 0 Å². The Hall–Kier alpha value is -1.74. The molecule has 1 unspecified atom stereocenters. The lowest BCUT2D eigenvalue weighted by molar-refractivity contribution is -0.125. The van der Waals surface area contributed by atoms with Crippen molar-refractivity contribution >= 4 is 16.7 Å². The molecule has 2 aromatic rings. The minimum atomic E-state index is 0.165. The van der Waals surface area contributed by atoms with E-state index >= 15 is 0 Å². The summed E-state index contributed by atoms with van der Waals surface area (Å²) in [4.78, 5) is 18.6. The van der Waals surface area contributed by atoms with Crippen molar-refractivity contribution in [3.63, 3.8) is 0 Å². The molecule has 0 bridgehead atoms. The van der Waals surface area contributed by atoms with E-state index in [9.17, 15) is 4.79 Å². The van der Waals surface area contributed by atoms with Gasteiger partial charge in [0, 0.05) is 43.1 Å². The minimum absolute atomic E-state index is 0.165. The fraction of sp³-hybridized carbons (Fsp3) is 0.412. The molecular formula is C17H20N2O. The van der Waals surface area contributed by atoms with Crippen LogP contribution in [0.2, 0.25) is 0 Å². The molecule has 3 nitrogen and oxygen atoms in total. The van der Waals surface area contributed by atoms with Crippen LogP contribution in [0.15, 0.2) is 30.3 Å². The van der Waals surface area contributed by atoms with Gasteiger partial charge in [0.15, 0.2) is 0 Å². The maximum atomic E-state index is 11.6. The number of aryl methyl sites for hydroxylation is 1. The predicted molar refractivity (Wildman–Crippen MR) is 80.5 cm³/mol. The zero-order valence-corrected chi connectivity index (χ0v) is 12.1. The van der Waals surface area contributed by atoms with E-state index in [1.807, 2.05) is 19.9 Å². The van der Waals surface area contributed by atoms with Crippen LogP contribution >= 0.6 is 0 Å². The third-order valence-corrected chi connectivity index (χ3v) is 4.08. The molecule has 1 aliphatic heterocycles. The van der Waals surface area contributed by atoms with Crippen LogP contribution in [0.4, 0.5) is 0 Å². The summed E-state index contributed by atoms with van der Waals surface area (Å²) in [6.45, 7) is 6.72. The molecule has 0 spiro atoms. The van der Waals surface area contributed by atoms with Gasteiger partial charge in [-0.05, 0) is 24.6 Å². The number of ketones is 1. The van der Waals surface area contributed by atoms with Crippen LogP contribution in [0.25, 0.3) is 10.9 Å². The fourth-order valence-electron chi connectivity index (χ4n) is 3.01. The Morgan fingerprint density at radius 1 is 1.35 bits per heavy atom. The highest BCUT2D eigenvalue weighted by Crippen LogP contribution is 2.22. The molecule has 3 heteroatoms. The van der Waals surface area contributed by atoms with Gasteiger partial charge in [0.05, 0.1) is 5.52 Å². The van der Waals surface area contributed by atoms with Gasteiger partial charge in [-0.2, -0.15) is 0 Å². The summed E-state index contributed by atoms with van der Waals surface area (Å²) in [6.07, 6.45) is 0.684. The van der Waals surface area contributed by atoms with Gasteiger partial charge in [0.1, 0.15) is 5.78 Å². The lowest BCUT2D eigenvalue weighted by Crippen LogP contribution is -2.39. The number of nitrogens with zero attached hydrogens (tertiary/aromatic N) is 2. The first-order chi connectivity index (χ1) is 9.63. The molecule has 0 aliphatic carbocycles. The quantitative estimate of drug-likeness (QED) is 0.839. The van der Waals surface area contributed by atoms with Gasteiger partial charge < -0.3 is 0 Å². The summed E-state index contributed by atoms with van der Waals surface area (Å²) in [6, 6.07) is 10.5. The van der Waals surface area contributed by atoms with Crippen LogP contribution in [0.5, 0.6) is 0 Å². The Balaban J connectivity index is 1.89. The number of pyridine rings is 1. The number of carbonyl (C=O) groups excluding carboxylic acids is 1. The van der Waals surface area contributed by atoms with Crippen LogP contribution in [0.3, 0.4) is 0 Å². The summed E-state index contributed by atoms with van der Waals surface area (Å²) in [7, 11) is 0. The second-order valence-electron chi connectivity index (χ2n) is 5.79. The summed E-state index contributed by atoms with van der Waals surface area (Å²) < 4.78 is 0. The lowest BCUT2D eigenvalue weighted by atomic mass is 9.97. The zero-order chi connectivity index (χ0) is 14.1. The van der Waals surface area contributed by atoms with E-state index in [1.165, 1.54) is 10.9 Å². The van der Waals surface area contributed by atoms with Gasteiger partial charge >= 0.3 is 0 Å². The molecule has 3 rings (SSSR count). The van der Waals surface area contributed by atoms with E-state index in [1.54, 1.807) is 0 Å². The Labute approximate surface area is 119 Å². The standard InChI is InChI=1S/C17H20N2O/c1-12-10-19(8-7-17(12)20)11-14-9-13(2)18-16-6-4-3-5-15(14)16/h3-6,9,12H,7-8,10-11H2,1-2H3. The van der Waals surface area contributed by atoms with Crippen LogP contribution in [-0.2, 0) is 11.3 Å². The zero-order valence-electron chi connectivity index (χ0n) is 12.1. The number of hydrogen-bond acceptors (Lipinski definition) is 3. The molecule has 1 fully saturated rings. The Kier molecular flexibility index (Phi) is 3.53. The third kappa shape index (κ3) is 2.59. The highest BCUT2D eigenvalue weighted by Gasteiger charge is 2.23. The molecule has 0 amide bonds. The van der Waals surface area contributed by atoms with Crippen molar-refractivity contribution in [2.24, 2.45) is 5.92 Å². The molecule has 0 radical (unpaired) electrons. The molecule has 104 valence electrons. The summed E-state index contributed by atoms with van der Waals surface area (Å²) in [5.41, 5.74) is 3.43. The monoisotopic (exact) mass is 268 g/mol. The minimum Gasteiger partial charge on any atom is -0.299 e. The van der Waals surface area contributed by atoms with E-state index in [4.69, 9.17) is 0 Å². The van der Waals surface area contributed by atoms with Crippen molar-refractivity contribution in [1.82, 2.24) is 9.88 Å². The van der Waals surface area contributed by atoms with Gasteiger partial charge in [-0.25, -0.2) is 0 Å². The SMILES string of the molecule is Cc1cc(CN2CCC(=O)C(C)C2)c2ccccc2n1. The maximum Gasteiger partial charge on any atom is 0.138 e. The number of benzene rings is 1. The van der Waals surface area contributed by atoms with E-state index in [2.05, 4.69) is 34.1 Å². The van der Waals surface area contributed by atoms with Gasteiger partial charge in [0.25, 0.3) is 0 Å². The molecule has 1 aromatic carbocycles. The van der Waals surface area contributed by atoms with Gasteiger partial charge in [-0.15, -0.1) is 0 Å². The number of aromatic nitrogens is 1. The average molecular weight is 268 g/mol. The molecular weight excluding hydrogens is 248 g/mol. The van der Waals surface area contributed by atoms with Crippen molar-refractivity contribution in [2.75, 3.05) is 13.1 Å². The summed E-state index contributed by atoms with van der Waals surface area (Å²) in [5.74, 6) is 0.565. The second-order valence-corrected chi connectivity index (χ2v) is 5.79. The summed E-state index contributed by atoms with van der Waals surface area (Å²) >= 11 is 0. The normalized spacial score (nSPS) is 20.5. The van der Waals surface area contributed by atoms with Gasteiger partial charge in [-0.1, -0.05) is 25.1 Å². The average Bonchev–Trinajstić information content (AvgIpc) is 2.43. The largest absolute Gasteiger partial charge is 0.299 e. The van der Waals surface area contributed by atoms with E-state index in [0.717, 1.165) is 30.8 Å². The molecule has 0 N–H and O–H groups in total. The van der Waals surface area contributed by atoms with Crippen molar-refractivity contribution in [3.05, 3.63) is 41.6 Å². The molecule has 1 aliphatic rings. The van der Waals surface area contributed by atoms with Gasteiger partial charge in [0.2, 0.25) is 0 Å². The van der Waals surface area contributed by atoms with E-state index in [-0.39, 0.29) is 5.92 Å². The van der Waals surface area contributed by atoms with Crippen LogP contribution in [0.1, 0.15) is 24.6 Å². The number of hydrogen-bond donors (Lipinski definition) is 0. The number of Topliss-reactive ketones (excluding diaryl/α,β-unsaturated/α-hetero) is 1. The van der Waals surface area contributed by atoms with Crippen LogP contribution in [0, 0.1) is 12.8 Å². The molecule has 20 heavy (non-hydrogen) atoms. The van der Waals surface area contributed by atoms with Crippen LogP contribution in [-0.4, -0.2) is 28.8 Å². The maximum absolute atomic E-state index is 11.6. The van der Waals surface area contributed by atoms with Crippen molar-refractivity contribution in [1.29, 1.82) is 0 Å².